The Kier molecular flexibility index (Phi) is 6.15. The van der Waals surface area contributed by atoms with Gasteiger partial charge in [0.2, 0.25) is 0 Å². The third-order valence-corrected chi connectivity index (χ3v) is 4.80. The molecule has 0 saturated carbocycles. The van der Waals surface area contributed by atoms with Crippen molar-refractivity contribution in [2.45, 2.75) is 0 Å². The van der Waals surface area contributed by atoms with E-state index in [1.54, 1.807) is 48.5 Å². The molecular weight excluding hydrogens is 413 g/mol. The molecule has 3 aromatic carbocycles. The van der Waals surface area contributed by atoms with Gasteiger partial charge in [-0.25, -0.2) is 14.8 Å². The van der Waals surface area contributed by atoms with Crippen LogP contribution in [0, 0.1) is 5.82 Å². The highest BCUT2D eigenvalue weighted by Crippen LogP contribution is 2.25. The molecular formula is C25H17ClFN3O. The lowest BCUT2D eigenvalue weighted by molar-refractivity contribution is 0.0955. The zero-order valence-electron chi connectivity index (χ0n) is 16.3. The lowest BCUT2D eigenvalue weighted by Crippen LogP contribution is -2.18. The van der Waals surface area contributed by atoms with Crippen molar-refractivity contribution in [1.29, 1.82) is 0 Å². The molecule has 1 amide bonds. The van der Waals surface area contributed by atoms with Crippen LogP contribution in [-0.2, 0) is 0 Å². The average molecular weight is 430 g/mol. The van der Waals surface area contributed by atoms with Gasteiger partial charge in [-0.05, 0) is 54.1 Å². The zero-order valence-corrected chi connectivity index (χ0v) is 17.1. The lowest BCUT2D eigenvalue weighted by Gasteiger charge is -2.09. The first-order valence-electron chi connectivity index (χ1n) is 9.51. The SMILES string of the molecule is O=C(N/N=C/c1ccc(Cl)cc1)c1cc(-c2ccccc2)nc(-c2ccc(F)cc2)c1. The topological polar surface area (TPSA) is 54.4 Å². The minimum atomic E-state index is -0.381. The summed E-state index contributed by atoms with van der Waals surface area (Å²) in [5, 5.41) is 4.65. The van der Waals surface area contributed by atoms with Gasteiger partial charge in [0, 0.05) is 21.7 Å². The Hall–Kier alpha value is -3.83. The van der Waals surface area contributed by atoms with E-state index in [4.69, 9.17) is 11.6 Å². The molecule has 0 aliphatic heterocycles. The van der Waals surface area contributed by atoms with Crippen molar-refractivity contribution in [2.75, 3.05) is 0 Å². The normalized spacial score (nSPS) is 10.9. The first-order chi connectivity index (χ1) is 15.1. The van der Waals surface area contributed by atoms with Gasteiger partial charge >= 0.3 is 0 Å². The minimum absolute atomic E-state index is 0.336. The summed E-state index contributed by atoms with van der Waals surface area (Å²) in [6, 6.07) is 26.0. The predicted molar refractivity (Wildman–Crippen MR) is 122 cm³/mol. The highest BCUT2D eigenvalue weighted by Gasteiger charge is 2.12. The van der Waals surface area contributed by atoms with E-state index in [-0.39, 0.29) is 11.7 Å². The largest absolute Gasteiger partial charge is 0.271 e. The van der Waals surface area contributed by atoms with E-state index in [1.165, 1.54) is 18.3 Å². The van der Waals surface area contributed by atoms with E-state index >= 15 is 0 Å². The second-order valence-electron chi connectivity index (χ2n) is 6.75. The van der Waals surface area contributed by atoms with E-state index in [1.807, 2.05) is 30.3 Å². The lowest BCUT2D eigenvalue weighted by atomic mass is 10.0. The van der Waals surface area contributed by atoms with Crippen LogP contribution >= 0.6 is 11.6 Å². The summed E-state index contributed by atoms with van der Waals surface area (Å²) in [6.45, 7) is 0. The number of nitrogens with one attached hydrogen (secondary N) is 1. The number of benzene rings is 3. The van der Waals surface area contributed by atoms with Gasteiger partial charge in [-0.1, -0.05) is 54.1 Å². The summed E-state index contributed by atoms with van der Waals surface area (Å²) in [6.07, 6.45) is 1.54. The van der Waals surface area contributed by atoms with Crippen molar-refractivity contribution in [3.05, 3.63) is 113 Å². The zero-order chi connectivity index (χ0) is 21.6. The summed E-state index contributed by atoms with van der Waals surface area (Å²) in [5.74, 6) is -0.717. The first-order valence-corrected chi connectivity index (χ1v) is 9.89. The molecule has 4 nitrogen and oxygen atoms in total. The van der Waals surface area contributed by atoms with Gasteiger partial charge in [-0.3, -0.25) is 4.79 Å². The molecule has 0 radical (unpaired) electrons. The van der Waals surface area contributed by atoms with Gasteiger partial charge in [0.15, 0.2) is 0 Å². The van der Waals surface area contributed by atoms with Crippen LogP contribution in [0.4, 0.5) is 4.39 Å². The van der Waals surface area contributed by atoms with Crippen LogP contribution in [0.5, 0.6) is 0 Å². The molecule has 1 aromatic heterocycles. The van der Waals surface area contributed by atoms with Gasteiger partial charge in [-0.2, -0.15) is 5.10 Å². The Morgan fingerprint density at radius 3 is 2.13 bits per heavy atom. The Labute approximate surface area is 184 Å². The fourth-order valence-electron chi connectivity index (χ4n) is 2.97. The number of aromatic nitrogens is 1. The molecule has 31 heavy (non-hydrogen) atoms. The number of nitrogens with zero attached hydrogens (tertiary/aromatic N) is 2. The number of halogens is 2. The fourth-order valence-corrected chi connectivity index (χ4v) is 3.09. The van der Waals surface area contributed by atoms with Crippen molar-refractivity contribution in [2.24, 2.45) is 5.10 Å². The van der Waals surface area contributed by atoms with E-state index < -0.39 is 0 Å². The molecule has 1 heterocycles. The number of rotatable bonds is 5. The van der Waals surface area contributed by atoms with E-state index in [0.29, 0.717) is 27.5 Å². The van der Waals surface area contributed by atoms with E-state index in [9.17, 15) is 9.18 Å². The van der Waals surface area contributed by atoms with Gasteiger partial charge in [0.1, 0.15) is 5.82 Å². The maximum atomic E-state index is 13.3. The summed E-state index contributed by atoms with van der Waals surface area (Å²) < 4.78 is 13.3. The number of carbonyl (C=O) groups is 1. The molecule has 0 aliphatic rings. The third kappa shape index (κ3) is 5.21. The van der Waals surface area contributed by atoms with Gasteiger partial charge < -0.3 is 0 Å². The van der Waals surface area contributed by atoms with E-state index in [0.717, 1.165) is 11.1 Å². The Balaban J connectivity index is 1.65. The average Bonchev–Trinajstić information content (AvgIpc) is 2.81. The van der Waals surface area contributed by atoms with Crippen molar-refractivity contribution in [3.8, 4) is 22.5 Å². The van der Waals surface area contributed by atoms with Crippen LogP contribution in [0.1, 0.15) is 15.9 Å². The molecule has 6 heteroatoms. The molecule has 4 rings (SSSR count). The summed E-state index contributed by atoms with van der Waals surface area (Å²) in [4.78, 5) is 17.4. The van der Waals surface area contributed by atoms with Gasteiger partial charge in [0.25, 0.3) is 5.91 Å². The standard InChI is InChI=1S/C25H17ClFN3O/c26-21-10-6-17(7-11-21)16-28-30-25(31)20-14-23(18-4-2-1-3-5-18)29-24(15-20)19-8-12-22(27)13-9-19/h1-16H,(H,30,31)/b28-16+. The molecule has 0 saturated heterocycles. The quantitative estimate of drug-likeness (QED) is 0.314. The number of hydrogen-bond acceptors (Lipinski definition) is 3. The monoisotopic (exact) mass is 429 g/mol. The Morgan fingerprint density at radius 2 is 1.48 bits per heavy atom. The Bertz CT molecular complexity index is 1220. The molecule has 0 aliphatic carbocycles. The molecule has 0 atom stereocenters. The van der Waals surface area contributed by atoms with Gasteiger partial charge in [-0.15, -0.1) is 0 Å². The summed E-state index contributed by atoms with van der Waals surface area (Å²) in [5.41, 5.74) is 6.50. The Morgan fingerprint density at radius 1 is 0.871 bits per heavy atom. The van der Waals surface area contributed by atoms with Crippen LogP contribution in [0.2, 0.25) is 5.02 Å². The number of hydrogen-bond donors (Lipinski definition) is 1. The molecule has 0 fully saturated rings. The number of amides is 1. The molecule has 1 N–H and O–H groups in total. The summed E-state index contributed by atoms with van der Waals surface area (Å²) >= 11 is 5.87. The second-order valence-corrected chi connectivity index (χ2v) is 7.19. The van der Waals surface area contributed by atoms with Crippen molar-refractivity contribution >= 4 is 23.7 Å². The molecule has 4 aromatic rings. The van der Waals surface area contributed by atoms with Crippen LogP contribution < -0.4 is 5.43 Å². The van der Waals surface area contributed by atoms with Crippen LogP contribution in [0.25, 0.3) is 22.5 Å². The molecule has 0 bridgehead atoms. The van der Waals surface area contributed by atoms with Crippen LogP contribution in [0.3, 0.4) is 0 Å². The first kappa shape index (κ1) is 20.4. The third-order valence-electron chi connectivity index (χ3n) is 4.55. The predicted octanol–water partition coefficient (Wildman–Crippen LogP) is 5.97. The fraction of sp³-hybridized carbons (Fsp3) is 0. The molecule has 0 spiro atoms. The summed E-state index contributed by atoms with van der Waals surface area (Å²) in [7, 11) is 0. The smallest absolute Gasteiger partial charge is 0.267 e. The highest BCUT2D eigenvalue weighted by molar-refractivity contribution is 6.30. The van der Waals surface area contributed by atoms with Crippen LogP contribution in [0.15, 0.2) is 96.1 Å². The second kappa shape index (κ2) is 9.32. The molecule has 152 valence electrons. The number of pyridine rings is 1. The maximum absolute atomic E-state index is 13.3. The van der Waals surface area contributed by atoms with E-state index in [2.05, 4.69) is 15.5 Å². The van der Waals surface area contributed by atoms with Crippen molar-refractivity contribution in [1.82, 2.24) is 10.4 Å². The van der Waals surface area contributed by atoms with Crippen molar-refractivity contribution < 1.29 is 9.18 Å². The van der Waals surface area contributed by atoms with Crippen molar-refractivity contribution in [3.63, 3.8) is 0 Å². The van der Waals surface area contributed by atoms with Gasteiger partial charge in [0.05, 0.1) is 17.6 Å². The maximum Gasteiger partial charge on any atom is 0.271 e. The number of carbonyl (C=O) groups excluding carboxylic acids is 1. The number of hydrazone groups is 1. The highest BCUT2D eigenvalue weighted by atomic mass is 35.5. The van der Waals surface area contributed by atoms with Crippen LogP contribution in [-0.4, -0.2) is 17.1 Å². The minimum Gasteiger partial charge on any atom is -0.267 e. The molecule has 0 unspecified atom stereocenters.